The first-order valence-corrected chi connectivity index (χ1v) is 11.6. The molecule has 1 aliphatic rings. The first-order valence-electron chi connectivity index (χ1n) is 11.6. The van der Waals surface area contributed by atoms with Gasteiger partial charge < -0.3 is 16.2 Å². The summed E-state index contributed by atoms with van der Waals surface area (Å²) < 4.78 is 0. The molecule has 0 radical (unpaired) electrons. The van der Waals surface area contributed by atoms with Crippen molar-refractivity contribution in [2.75, 3.05) is 18.4 Å². The molecule has 2 rings (SSSR count). The zero-order valence-corrected chi connectivity index (χ0v) is 21.5. The Kier molecular flexibility index (Phi) is 6.31. The van der Waals surface area contributed by atoms with Crippen molar-refractivity contribution in [2.45, 2.75) is 88.7 Å². The third-order valence-corrected chi connectivity index (χ3v) is 11.4. The number of hydrogen-bond acceptors (Lipinski definition) is 3. The van der Waals surface area contributed by atoms with Crippen molar-refractivity contribution in [3.05, 3.63) is 29.8 Å². The Bertz CT molecular complexity index is 728. The van der Waals surface area contributed by atoms with Crippen molar-refractivity contribution < 1.29 is 5.11 Å². The molecule has 0 spiro atoms. The number of benzene rings is 1. The minimum absolute atomic E-state index is 0.0361. The second-order valence-corrected chi connectivity index (χ2v) is 12.5. The van der Waals surface area contributed by atoms with Gasteiger partial charge in [0.15, 0.2) is 0 Å². The molecular weight excluding hydrogens is 368 g/mol. The van der Waals surface area contributed by atoms with Crippen LogP contribution in [0.5, 0.6) is 0 Å². The largest absolute Gasteiger partial charge is 0.388 e. The van der Waals surface area contributed by atoms with Crippen LogP contribution in [0.1, 0.15) is 94.2 Å². The van der Waals surface area contributed by atoms with Crippen LogP contribution in [0.15, 0.2) is 24.3 Å². The lowest BCUT2D eigenvalue weighted by molar-refractivity contribution is -0.284. The molecule has 0 bridgehead atoms. The zero-order valence-electron chi connectivity index (χ0n) is 21.5. The van der Waals surface area contributed by atoms with E-state index in [0.29, 0.717) is 13.0 Å². The Morgan fingerprint density at radius 1 is 0.800 bits per heavy atom. The van der Waals surface area contributed by atoms with E-state index in [4.69, 9.17) is 5.73 Å². The van der Waals surface area contributed by atoms with Crippen molar-refractivity contribution in [1.29, 1.82) is 0 Å². The first-order chi connectivity index (χ1) is 13.4. The van der Waals surface area contributed by atoms with Crippen molar-refractivity contribution in [3.8, 4) is 0 Å². The predicted octanol–water partition coefficient (Wildman–Crippen LogP) is 6.63. The first kappa shape index (κ1) is 25.2. The number of aliphatic hydroxyl groups excluding tert-OH is 1. The highest BCUT2D eigenvalue weighted by atomic mass is 16.3. The number of aliphatic hydroxyl groups is 1. The van der Waals surface area contributed by atoms with Gasteiger partial charge in [-0.1, -0.05) is 88.3 Å². The maximum absolute atomic E-state index is 10.4. The van der Waals surface area contributed by atoms with Crippen molar-refractivity contribution in [2.24, 2.45) is 38.2 Å². The van der Waals surface area contributed by atoms with Crippen LogP contribution in [0, 0.1) is 32.5 Å². The molecule has 0 amide bonds. The SMILES string of the molecule is CC1(C)C(C)(C)C(C)(C)C(C)(CNc2cccc(C(O)CCN)c2)C(C)(C)C1(C)C. The quantitative estimate of drug-likeness (QED) is 0.487. The van der Waals surface area contributed by atoms with E-state index in [9.17, 15) is 5.11 Å². The Morgan fingerprint density at radius 3 is 1.73 bits per heavy atom. The molecule has 0 aromatic heterocycles. The van der Waals surface area contributed by atoms with Crippen LogP contribution >= 0.6 is 0 Å². The third-order valence-electron chi connectivity index (χ3n) is 11.4. The maximum Gasteiger partial charge on any atom is 0.0802 e. The molecular formula is C27H48N2O. The molecule has 1 aliphatic carbocycles. The third kappa shape index (κ3) is 3.14. The number of nitrogens with one attached hydrogen (secondary N) is 1. The van der Waals surface area contributed by atoms with Crippen molar-refractivity contribution in [1.82, 2.24) is 0 Å². The lowest BCUT2D eigenvalue weighted by Crippen LogP contribution is -2.72. The van der Waals surface area contributed by atoms with E-state index in [0.717, 1.165) is 17.8 Å². The Balaban J connectivity index is 2.46. The van der Waals surface area contributed by atoms with Crippen LogP contribution in [-0.4, -0.2) is 18.2 Å². The molecule has 30 heavy (non-hydrogen) atoms. The standard InChI is InChI=1S/C27H48N2O/c1-22(2)23(3,4)25(7,8)27(11,26(9,10)24(22,5)6)18-29-20-14-12-13-19(17-20)21(30)15-16-28/h12-14,17,21,29-30H,15-16,18,28H2,1-11H3. The van der Waals surface area contributed by atoms with Gasteiger partial charge in [-0.3, -0.25) is 0 Å². The molecule has 3 heteroatoms. The minimum atomic E-state index is -0.506. The van der Waals surface area contributed by atoms with Crippen LogP contribution in [0.3, 0.4) is 0 Å². The molecule has 4 N–H and O–H groups in total. The van der Waals surface area contributed by atoms with Gasteiger partial charge in [0.2, 0.25) is 0 Å². The molecule has 0 aliphatic heterocycles. The van der Waals surface area contributed by atoms with Crippen molar-refractivity contribution >= 4 is 5.69 Å². The molecule has 1 saturated carbocycles. The van der Waals surface area contributed by atoms with E-state index >= 15 is 0 Å². The van der Waals surface area contributed by atoms with Crippen LogP contribution in [-0.2, 0) is 0 Å². The summed E-state index contributed by atoms with van der Waals surface area (Å²) in [5.74, 6) is 0. The summed E-state index contributed by atoms with van der Waals surface area (Å²) in [7, 11) is 0. The Hall–Kier alpha value is -1.06. The highest BCUT2D eigenvalue weighted by molar-refractivity contribution is 5.47. The average molecular weight is 417 g/mol. The second kappa shape index (κ2) is 7.52. The van der Waals surface area contributed by atoms with Gasteiger partial charge in [-0.2, -0.15) is 0 Å². The van der Waals surface area contributed by atoms with E-state index in [1.165, 1.54) is 0 Å². The summed E-state index contributed by atoms with van der Waals surface area (Å²) in [6.07, 6.45) is 0.0761. The molecule has 1 unspecified atom stereocenters. The van der Waals surface area contributed by atoms with Gasteiger partial charge in [0.1, 0.15) is 0 Å². The fraction of sp³-hybridized carbons (Fsp3) is 0.778. The topological polar surface area (TPSA) is 58.3 Å². The molecule has 172 valence electrons. The Morgan fingerprint density at radius 2 is 1.27 bits per heavy atom. The summed E-state index contributed by atoms with van der Waals surface area (Å²) in [6.45, 7) is 28.5. The molecule has 1 aromatic rings. The van der Waals surface area contributed by atoms with Crippen LogP contribution in [0.4, 0.5) is 5.69 Å². The summed E-state index contributed by atoms with van der Waals surface area (Å²) in [5.41, 5.74) is 8.28. The molecule has 1 atom stereocenters. The van der Waals surface area contributed by atoms with Gasteiger partial charge in [-0.15, -0.1) is 0 Å². The smallest absolute Gasteiger partial charge is 0.0802 e. The summed E-state index contributed by atoms with van der Waals surface area (Å²) in [5, 5.41) is 14.1. The monoisotopic (exact) mass is 416 g/mol. The van der Waals surface area contributed by atoms with Gasteiger partial charge in [-0.05, 0) is 63.2 Å². The van der Waals surface area contributed by atoms with Crippen LogP contribution in [0.2, 0.25) is 0 Å². The van der Waals surface area contributed by atoms with E-state index in [1.807, 2.05) is 12.1 Å². The molecule has 0 saturated heterocycles. The van der Waals surface area contributed by atoms with Gasteiger partial charge in [0, 0.05) is 12.2 Å². The summed E-state index contributed by atoms with van der Waals surface area (Å²) >= 11 is 0. The van der Waals surface area contributed by atoms with Gasteiger partial charge >= 0.3 is 0 Å². The zero-order chi connectivity index (χ0) is 23.4. The lowest BCUT2D eigenvalue weighted by Gasteiger charge is -2.77. The molecule has 1 aromatic carbocycles. The molecule has 0 heterocycles. The van der Waals surface area contributed by atoms with Crippen LogP contribution < -0.4 is 11.1 Å². The lowest BCUT2D eigenvalue weighted by atomic mass is 9.28. The predicted molar refractivity (Wildman–Crippen MR) is 131 cm³/mol. The normalized spacial score (nSPS) is 26.0. The highest BCUT2D eigenvalue weighted by Crippen LogP contribution is 2.78. The van der Waals surface area contributed by atoms with Gasteiger partial charge in [0.25, 0.3) is 0 Å². The number of nitrogens with two attached hydrogens (primary N) is 1. The summed E-state index contributed by atoms with van der Waals surface area (Å²) in [4.78, 5) is 0. The van der Waals surface area contributed by atoms with E-state index < -0.39 is 6.10 Å². The van der Waals surface area contributed by atoms with E-state index in [2.05, 4.69) is 93.6 Å². The fourth-order valence-electron chi connectivity index (χ4n) is 6.41. The van der Waals surface area contributed by atoms with Gasteiger partial charge in [-0.25, -0.2) is 0 Å². The van der Waals surface area contributed by atoms with Crippen LogP contribution in [0.25, 0.3) is 0 Å². The maximum atomic E-state index is 10.4. The van der Waals surface area contributed by atoms with Gasteiger partial charge in [0.05, 0.1) is 6.10 Å². The molecule has 3 nitrogen and oxygen atoms in total. The minimum Gasteiger partial charge on any atom is -0.388 e. The number of rotatable bonds is 6. The molecule has 1 fully saturated rings. The number of hydrogen-bond donors (Lipinski definition) is 3. The van der Waals surface area contributed by atoms with Crippen molar-refractivity contribution in [3.63, 3.8) is 0 Å². The van der Waals surface area contributed by atoms with E-state index in [-0.39, 0.29) is 32.5 Å². The Labute approximate surface area is 186 Å². The van der Waals surface area contributed by atoms with E-state index in [1.54, 1.807) is 0 Å². The number of anilines is 1. The highest BCUT2D eigenvalue weighted by Gasteiger charge is 2.73. The summed E-state index contributed by atoms with van der Waals surface area (Å²) in [6, 6.07) is 8.18. The fourth-order valence-corrected chi connectivity index (χ4v) is 6.41. The second-order valence-electron chi connectivity index (χ2n) is 12.5. The average Bonchev–Trinajstić information content (AvgIpc) is 2.64.